The highest BCUT2D eigenvalue weighted by Gasteiger charge is 2.36. The Morgan fingerprint density at radius 3 is 2.62 bits per heavy atom. The molecule has 2 aliphatic rings. The van der Waals surface area contributed by atoms with Gasteiger partial charge in [0.2, 0.25) is 5.91 Å². The van der Waals surface area contributed by atoms with Crippen molar-refractivity contribution < 1.29 is 9.21 Å². The van der Waals surface area contributed by atoms with E-state index in [1.165, 1.54) is 12.8 Å². The van der Waals surface area contributed by atoms with Crippen LogP contribution >= 0.6 is 0 Å². The van der Waals surface area contributed by atoms with E-state index in [2.05, 4.69) is 31.0 Å². The molecule has 0 spiro atoms. The molecule has 1 amide bonds. The van der Waals surface area contributed by atoms with Gasteiger partial charge >= 0.3 is 0 Å². The summed E-state index contributed by atoms with van der Waals surface area (Å²) in [6.07, 6.45) is 5.86. The van der Waals surface area contributed by atoms with Gasteiger partial charge < -0.3 is 14.6 Å². The molecule has 1 aromatic heterocycles. The second kappa shape index (κ2) is 7.56. The van der Waals surface area contributed by atoms with Gasteiger partial charge in [0.1, 0.15) is 11.5 Å². The molecule has 24 heavy (non-hydrogen) atoms. The van der Waals surface area contributed by atoms with Gasteiger partial charge in [-0.15, -0.1) is 0 Å². The number of nitrogens with one attached hydrogen (secondary N) is 1. The molecule has 0 aromatic carbocycles. The highest BCUT2D eigenvalue weighted by atomic mass is 16.3. The lowest BCUT2D eigenvalue weighted by Gasteiger charge is -2.34. The second-order valence-electron chi connectivity index (χ2n) is 7.89. The van der Waals surface area contributed by atoms with E-state index in [0.717, 1.165) is 48.9 Å². The molecule has 4 unspecified atom stereocenters. The third-order valence-corrected chi connectivity index (χ3v) is 5.19. The Morgan fingerprint density at radius 2 is 1.96 bits per heavy atom. The van der Waals surface area contributed by atoms with Crippen LogP contribution in [0.5, 0.6) is 0 Å². The predicted octanol–water partition coefficient (Wildman–Crippen LogP) is 3.51. The zero-order valence-corrected chi connectivity index (χ0v) is 15.1. The molecule has 2 heterocycles. The first-order valence-electron chi connectivity index (χ1n) is 9.29. The Bertz CT molecular complexity index is 582. The third-order valence-electron chi connectivity index (χ3n) is 5.19. The summed E-state index contributed by atoms with van der Waals surface area (Å²) >= 11 is 0. The van der Waals surface area contributed by atoms with Crippen LogP contribution in [0.1, 0.15) is 51.1 Å². The fourth-order valence-electron chi connectivity index (χ4n) is 3.90. The van der Waals surface area contributed by atoms with Crippen LogP contribution in [0, 0.1) is 17.8 Å². The molecule has 132 valence electrons. The van der Waals surface area contributed by atoms with E-state index in [9.17, 15) is 4.79 Å². The normalized spacial score (nSPS) is 30.6. The van der Waals surface area contributed by atoms with Crippen LogP contribution in [0.15, 0.2) is 22.6 Å². The molecule has 1 aromatic rings. The Balaban J connectivity index is 1.38. The predicted molar refractivity (Wildman–Crippen MR) is 96.7 cm³/mol. The average Bonchev–Trinajstić information content (AvgIpc) is 3.06. The van der Waals surface area contributed by atoms with Crippen molar-refractivity contribution in [3.63, 3.8) is 0 Å². The topological polar surface area (TPSA) is 45.5 Å². The zero-order valence-electron chi connectivity index (χ0n) is 15.1. The number of piperidine rings is 1. The summed E-state index contributed by atoms with van der Waals surface area (Å²) in [5.41, 5.74) is 0. The van der Waals surface area contributed by atoms with Crippen LogP contribution in [0.2, 0.25) is 0 Å². The Hall–Kier alpha value is -1.55. The van der Waals surface area contributed by atoms with Crippen LogP contribution in [0.25, 0.3) is 6.08 Å². The Morgan fingerprint density at radius 1 is 1.25 bits per heavy atom. The number of rotatable bonds is 6. The van der Waals surface area contributed by atoms with Crippen molar-refractivity contribution in [3.8, 4) is 0 Å². The van der Waals surface area contributed by atoms with Crippen LogP contribution < -0.4 is 5.32 Å². The van der Waals surface area contributed by atoms with Crippen molar-refractivity contribution in [3.05, 3.63) is 29.7 Å². The minimum Gasteiger partial charge on any atom is -0.461 e. The van der Waals surface area contributed by atoms with Crippen molar-refractivity contribution in [2.75, 3.05) is 26.2 Å². The van der Waals surface area contributed by atoms with E-state index in [1.807, 2.05) is 12.1 Å². The average molecular weight is 330 g/mol. The summed E-state index contributed by atoms with van der Waals surface area (Å²) in [6.45, 7) is 10.8. The van der Waals surface area contributed by atoms with Crippen molar-refractivity contribution in [2.24, 2.45) is 17.8 Å². The minimum absolute atomic E-state index is 0.0501. The maximum atomic E-state index is 11.9. The molecule has 1 saturated carbocycles. The molecule has 1 saturated heterocycles. The van der Waals surface area contributed by atoms with Gasteiger partial charge in [-0.05, 0) is 48.8 Å². The minimum atomic E-state index is -0.0501. The zero-order chi connectivity index (χ0) is 17.1. The summed E-state index contributed by atoms with van der Waals surface area (Å²) in [7, 11) is 0. The maximum absolute atomic E-state index is 11.9. The first-order chi connectivity index (χ1) is 11.5. The van der Waals surface area contributed by atoms with Gasteiger partial charge in [-0.2, -0.15) is 0 Å². The van der Waals surface area contributed by atoms with Gasteiger partial charge in [0.25, 0.3) is 0 Å². The number of hydrogen-bond donors (Lipinski definition) is 1. The summed E-state index contributed by atoms with van der Waals surface area (Å²) < 4.78 is 5.78. The van der Waals surface area contributed by atoms with E-state index in [0.29, 0.717) is 12.5 Å². The molecular weight excluding hydrogens is 300 g/mol. The van der Waals surface area contributed by atoms with E-state index in [-0.39, 0.29) is 5.91 Å². The lowest BCUT2D eigenvalue weighted by atomic mass is 9.92. The fraction of sp³-hybridized carbons (Fsp3) is 0.650. The van der Waals surface area contributed by atoms with Gasteiger partial charge in [0.05, 0.1) is 0 Å². The fourth-order valence-corrected chi connectivity index (χ4v) is 3.90. The van der Waals surface area contributed by atoms with Gasteiger partial charge in [0, 0.05) is 38.2 Å². The van der Waals surface area contributed by atoms with Gasteiger partial charge in [-0.1, -0.05) is 20.8 Å². The number of nitrogens with zero attached hydrogens (tertiary/aromatic N) is 1. The van der Waals surface area contributed by atoms with Crippen molar-refractivity contribution in [1.82, 2.24) is 10.2 Å². The number of hydrogen-bond acceptors (Lipinski definition) is 3. The van der Waals surface area contributed by atoms with Crippen LogP contribution in [-0.2, 0) is 4.79 Å². The molecule has 2 fully saturated rings. The van der Waals surface area contributed by atoms with Crippen molar-refractivity contribution in [2.45, 2.75) is 39.5 Å². The number of furan rings is 1. The van der Waals surface area contributed by atoms with E-state index in [1.54, 1.807) is 12.2 Å². The molecule has 4 nitrogen and oxygen atoms in total. The molecule has 4 heteroatoms. The standard InChI is InChI=1S/C20H30N2O2/c1-14-10-15(2)13-22(12-14)9-8-21-20(23)7-5-17-4-6-19(24-17)18-11-16(18)3/h4-7,14-16,18H,8-13H2,1-3H3,(H,21,23)/b7-5+. The summed E-state index contributed by atoms with van der Waals surface area (Å²) in [5.74, 6) is 4.59. The quantitative estimate of drug-likeness (QED) is 0.812. The third kappa shape index (κ3) is 4.73. The lowest BCUT2D eigenvalue weighted by Crippen LogP contribution is -2.42. The van der Waals surface area contributed by atoms with Gasteiger partial charge in [-0.25, -0.2) is 0 Å². The lowest BCUT2D eigenvalue weighted by molar-refractivity contribution is -0.116. The van der Waals surface area contributed by atoms with Crippen molar-refractivity contribution >= 4 is 12.0 Å². The molecule has 0 radical (unpaired) electrons. The largest absolute Gasteiger partial charge is 0.461 e. The summed E-state index contributed by atoms with van der Waals surface area (Å²) in [6, 6.07) is 3.98. The van der Waals surface area contributed by atoms with E-state index in [4.69, 9.17) is 4.42 Å². The molecule has 0 bridgehead atoms. The van der Waals surface area contributed by atoms with E-state index < -0.39 is 0 Å². The molecule has 4 atom stereocenters. The smallest absolute Gasteiger partial charge is 0.244 e. The first kappa shape index (κ1) is 17.3. The van der Waals surface area contributed by atoms with Crippen LogP contribution in [0.3, 0.4) is 0 Å². The number of carbonyl (C=O) groups is 1. The highest BCUT2D eigenvalue weighted by molar-refractivity contribution is 5.91. The number of amides is 1. The van der Waals surface area contributed by atoms with E-state index >= 15 is 0 Å². The SMILES string of the molecule is CC1CC(C)CN(CCNC(=O)/C=C/c2ccc(C3CC3C)o2)C1. The van der Waals surface area contributed by atoms with Crippen molar-refractivity contribution in [1.29, 1.82) is 0 Å². The van der Waals surface area contributed by atoms with Gasteiger partial charge in [0.15, 0.2) is 0 Å². The Labute approximate surface area is 145 Å². The molecule has 1 N–H and O–H groups in total. The van der Waals surface area contributed by atoms with Gasteiger partial charge in [-0.3, -0.25) is 4.79 Å². The molecule has 1 aliphatic carbocycles. The molecular formula is C20H30N2O2. The number of carbonyl (C=O) groups excluding carboxylic acids is 1. The molecule has 1 aliphatic heterocycles. The summed E-state index contributed by atoms with van der Waals surface area (Å²) in [5, 5.41) is 2.97. The maximum Gasteiger partial charge on any atom is 0.244 e. The van der Waals surface area contributed by atoms with Crippen LogP contribution in [0.4, 0.5) is 0 Å². The summed E-state index contributed by atoms with van der Waals surface area (Å²) in [4.78, 5) is 14.4. The van der Waals surface area contributed by atoms with Crippen LogP contribution in [-0.4, -0.2) is 37.0 Å². The molecule has 3 rings (SSSR count). The Kier molecular flexibility index (Phi) is 5.44. The second-order valence-corrected chi connectivity index (χ2v) is 7.89. The first-order valence-corrected chi connectivity index (χ1v) is 9.29. The number of likely N-dealkylation sites (tertiary alicyclic amines) is 1. The highest BCUT2D eigenvalue weighted by Crippen LogP contribution is 2.47. The monoisotopic (exact) mass is 330 g/mol.